The van der Waals surface area contributed by atoms with E-state index in [0.29, 0.717) is 0 Å². The summed E-state index contributed by atoms with van der Waals surface area (Å²) < 4.78 is 1.11. The summed E-state index contributed by atoms with van der Waals surface area (Å²) in [5.74, 6) is 0. The average molecular weight is 429 g/mol. The summed E-state index contributed by atoms with van der Waals surface area (Å²) in [6.45, 7) is 0. The van der Waals surface area contributed by atoms with Crippen molar-refractivity contribution in [3.8, 4) is 0 Å². The maximum atomic E-state index is 3.72. The Bertz CT molecular complexity index is 1060. The summed E-state index contributed by atoms with van der Waals surface area (Å²) in [5.41, 5.74) is 4.94. The Balaban J connectivity index is 1.98. The molecule has 2 heteroatoms. The number of fused-ring (bicyclic) bond motifs is 2. The van der Waals surface area contributed by atoms with Crippen LogP contribution in [0.4, 0.5) is 0 Å². The van der Waals surface area contributed by atoms with E-state index in [0.717, 1.165) is 4.47 Å². The Morgan fingerprint density at radius 1 is 0.556 bits per heavy atom. The number of benzene rings is 4. The third-order valence-corrected chi connectivity index (χ3v) is 6.92. The molecule has 130 valence electrons. The summed E-state index contributed by atoms with van der Waals surface area (Å²) in [6.07, 6.45) is 0. The molecule has 27 heavy (non-hydrogen) atoms. The summed E-state index contributed by atoms with van der Waals surface area (Å²) in [4.78, 5) is 2.63. The first-order chi connectivity index (χ1) is 13.3. The highest BCUT2D eigenvalue weighted by Gasteiger charge is 2.44. The van der Waals surface area contributed by atoms with Crippen molar-refractivity contribution in [2.75, 3.05) is 0 Å². The van der Waals surface area contributed by atoms with Crippen LogP contribution in [0.3, 0.4) is 0 Å². The van der Waals surface area contributed by atoms with Gasteiger partial charge < -0.3 is 0 Å². The largest absolute Gasteiger partial charge is 0.0894 e. The summed E-state index contributed by atoms with van der Waals surface area (Å²) >= 11 is 5.58. The second-order valence-electron chi connectivity index (χ2n) is 6.72. The second-order valence-corrected chi connectivity index (χ2v) is 8.72. The van der Waals surface area contributed by atoms with E-state index in [-0.39, 0.29) is 5.41 Å². The molecular formula is C25H17BrS. The van der Waals surface area contributed by atoms with E-state index in [4.69, 9.17) is 0 Å². The van der Waals surface area contributed by atoms with Crippen molar-refractivity contribution in [1.29, 1.82) is 0 Å². The van der Waals surface area contributed by atoms with Crippen LogP contribution < -0.4 is 0 Å². The van der Waals surface area contributed by atoms with Gasteiger partial charge in [-0.3, -0.25) is 0 Å². The molecule has 4 aromatic rings. The monoisotopic (exact) mass is 428 g/mol. The first-order valence-corrected chi connectivity index (χ1v) is 10.6. The second kappa shape index (κ2) is 6.70. The first-order valence-electron chi connectivity index (χ1n) is 8.98. The van der Waals surface area contributed by atoms with Crippen LogP contribution in [0, 0.1) is 0 Å². The van der Waals surface area contributed by atoms with Crippen molar-refractivity contribution in [3.05, 3.63) is 130 Å². The fourth-order valence-electron chi connectivity index (χ4n) is 4.18. The number of halogens is 1. The third kappa shape index (κ3) is 2.59. The fraction of sp³-hybridized carbons (Fsp3) is 0.0400. The highest BCUT2D eigenvalue weighted by Crippen LogP contribution is 2.55. The highest BCUT2D eigenvalue weighted by molar-refractivity contribution is 9.10. The minimum atomic E-state index is -0.330. The quantitative estimate of drug-likeness (QED) is 0.284. The van der Waals surface area contributed by atoms with E-state index in [1.807, 2.05) is 11.8 Å². The number of hydrogen-bond acceptors (Lipinski definition) is 1. The lowest BCUT2D eigenvalue weighted by Crippen LogP contribution is -2.34. The maximum Gasteiger partial charge on any atom is 0.0723 e. The molecule has 0 aromatic heterocycles. The van der Waals surface area contributed by atoms with Crippen LogP contribution in [-0.4, -0.2) is 0 Å². The van der Waals surface area contributed by atoms with Gasteiger partial charge in [-0.2, -0.15) is 0 Å². The molecule has 0 radical (unpaired) electrons. The molecule has 0 amide bonds. The van der Waals surface area contributed by atoms with Crippen LogP contribution in [0.1, 0.15) is 22.3 Å². The highest BCUT2D eigenvalue weighted by atomic mass is 79.9. The Morgan fingerprint density at radius 2 is 1.11 bits per heavy atom. The zero-order chi connectivity index (χ0) is 18.3. The van der Waals surface area contributed by atoms with Crippen LogP contribution in [0.2, 0.25) is 0 Å². The lowest BCUT2D eigenvalue weighted by atomic mass is 9.65. The average Bonchev–Trinajstić information content (AvgIpc) is 2.73. The first kappa shape index (κ1) is 16.9. The van der Waals surface area contributed by atoms with Gasteiger partial charge in [-0.1, -0.05) is 107 Å². The van der Waals surface area contributed by atoms with E-state index in [1.54, 1.807) is 0 Å². The van der Waals surface area contributed by atoms with Gasteiger partial charge in [-0.05, 0) is 46.5 Å². The normalized spacial score (nSPS) is 14.3. The number of hydrogen-bond donors (Lipinski definition) is 0. The van der Waals surface area contributed by atoms with E-state index in [1.165, 1.54) is 32.0 Å². The van der Waals surface area contributed by atoms with Crippen molar-refractivity contribution < 1.29 is 0 Å². The molecule has 0 saturated heterocycles. The van der Waals surface area contributed by atoms with Crippen molar-refractivity contribution in [2.24, 2.45) is 0 Å². The molecule has 1 aliphatic heterocycles. The van der Waals surface area contributed by atoms with Crippen LogP contribution >= 0.6 is 27.7 Å². The van der Waals surface area contributed by atoms with Crippen LogP contribution in [0.25, 0.3) is 0 Å². The van der Waals surface area contributed by atoms with Gasteiger partial charge in [0.05, 0.1) is 5.41 Å². The SMILES string of the molecule is Brc1ccc2c(c1)C(c1ccccc1)(c1ccccc1)c1ccccc1S2. The van der Waals surface area contributed by atoms with E-state index in [2.05, 4.69) is 119 Å². The molecule has 0 spiro atoms. The van der Waals surface area contributed by atoms with Gasteiger partial charge in [0.15, 0.2) is 0 Å². The standard InChI is InChI=1S/C25H17BrS/c26-20-15-16-24-22(17-20)25(18-9-3-1-4-10-18,19-11-5-2-6-12-19)21-13-7-8-14-23(21)27-24/h1-17H. The molecule has 0 aliphatic carbocycles. The minimum absolute atomic E-state index is 0.330. The lowest BCUT2D eigenvalue weighted by Gasteiger charge is -2.42. The minimum Gasteiger partial charge on any atom is -0.0894 e. The predicted molar refractivity (Wildman–Crippen MR) is 117 cm³/mol. The molecule has 0 N–H and O–H groups in total. The van der Waals surface area contributed by atoms with E-state index in [9.17, 15) is 0 Å². The molecule has 0 nitrogen and oxygen atoms in total. The Morgan fingerprint density at radius 3 is 1.78 bits per heavy atom. The molecule has 0 bridgehead atoms. The zero-order valence-corrected chi connectivity index (χ0v) is 17.0. The number of rotatable bonds is 2. The van der Waals surface area contributed by atoms with Gasteiger partial charge in [-0.15, -0.1) is 0 Å². The molecular weight excluding hydrogens is 412 g/mol. The molecule has 4 aromatic carbocycles. The van der Waals surface area contributed by atoms with Crippen molar-refractivity contribution in [1.82, 2.24) is 0 Å². The Labute approximate surface area is 172 Å². The molecule has 0 atom stereocenters. The summed E-state index contributed by atoms with van der Waals surface area (Å²) in [6, 6.07) is 37.2. The lowest BCUT2D eigenvalue weighted by molar-refractivity contribution is 0.702. The molecule has 0 saturated carbocycles. The van der Waals surface area contributed by atoms with Crippen molar-refractivity contribution >= 4 is 27.7 Å². The maximum absolute atomic E-state index is 3.72. The zero-order valence-electron chi connectivity index (χ0n) is 14.6. The predicted octanol–water partition coefficient (Wildman–Crippen LogP) is 7.30. The topological polar surface area (TPSA) is 0 Å². The van der Waals surface area contributed by atoms with Gasteiger partial charge >= 0.3 is 0 Å². The van der Waals surface area contributed by atoms with Gasteiger partial charge in [0, 0.05) is 14.3 Å². The molecule has 1 aliphatic rings. The van der Waals surface area contributed by atoms with Crippen LogP contribution in [-0.2, 0) is 5.41 Å². The van der Waals surface area contributed by atoms with Gasteiger partial charge in [0.2, 0.25) is 0 Å². The smallest absolute Gasteiger partial charge is 0.0723 e. The molecule has 0 unspecified atom stereocenters. The van der Waals surface area contributed by atoms with Gasteiger partial charge in [0.25, 0.3) is 0 Å². The van der Waals surface area contributed by atoms with Crippen molar-refractivity contribution in [2.45, 2.75) is 15.2 Å². The molecule has 5 rings (SSSR count). The third-order valence-electron chi connectivity index (χ3n) is 5.27. The van der Waals surface area contributed by atoms with Crippen molar-refractivity contribution in [3.63, 3.8) is 0 Å². The fourth-order valence-corrected chi connectivity index (χ4v) is 5.71. The van der Waals surface area contributed by atoms with E-state index >= 15 is 0 Å². The van der Waals surface area contributed by atoms with Crippen LogP contribution in [0.5, 0.6) is 0 Å². The Hall–Kier alpha value is -2.29. The van der Waals surface area contributed by atoms with Gasteiger partial charge in [-0.25, -0.2) is 0 Å². The molecule has 0 fully saturated rings. The van der Waals surface area contributed by atoms with Gasteiger partial charge in [0.1, 0.15) is 0 Å². The Kier molecular flexibility index (Phi) is 4.18. The summed E-state index contributed by atoms with van der Waals surface area (Å²) in [7, 11) is 0. The van der Waals surface area contributed by atoms with E-state index < -0.39 is 0 Å². The van der Waals surface area contributed by atoms with Crippen LogP contribution in [0.15, 0.2) is 117 Å². The molecule has 1 heterocycles. The summed E-state index contributed by atoms with van der Waals surface area (Å²) in [5, 5.41) is 0.